The van der Waals surface area contributed by atoms with E-state index in [4.69, 9.17) is 10.5 Å². The number of benzene rings is 1. The second-order valence-corrected chi connectivity index (χ2v) is 5.45. The van der Waals surface area contributed by atoms with E-state index in [-0.39, 0.29) is 12.1 Å². The van der Waals surface area contributed by atoms with Crippen molar-refractivity contribution < 1.29 is 4.74 Å². The van der Waals surface area contributed by atoms with Crippen molar-refractivity contribution in [3.05, 3.63) is 29.8 Å². The summed E-state index contributed by atoms with van der Waals surface area (Å²) in [6, 6.07) is 8.78. The van der Waals surface area contributed by atoms with Crippen LogP contribution in [-0.4, -0.2) is 29.6 Å². The van der Waals surface area contributed by atoms with E-state index < -0.39 is 0 Å². The Balaban J connectivity index is 2.22. The zero-order valence-electron chi connectivity index (χ0n) is 12.1. The number of ether oxygens (including phenoxy) is 1. The van der Waals surface area contributed by atoms with Crippen molar-refractivity contribution >= 4 is 5.96 Å². The summed E-state index contributed by atoms with van der Waals surface area (Å²) in [5.74, 6) is 1.54. The van der Waals surface area contributed by atoms with Gasteiger partial charge in [-0.2, -0.15) is 0 Å². The SMILES string of the molecule is CC(C)Oc1cccc(C2CN=C(N)N2C(C)C)c1. The molecule has 2 rings (SSSR count). The van der Waals surface area contributed by atoms with E-state index in [1.54, 1.807) is 0 Å². The Morgan fingerprint density at radius 1 is 1.32 bits per heavy atom. The van der Waals surface area contributed by atoms with E-state index in [0.29, 0.717) is 12.0 Å². The standard InChI is InChI=1S/C15H23N3O/c1-10(2)18-14(9-17-15(18)16)12-6-5-7-13(8-12)19-11(3)4/h5-8,10-11,14H,9H2,1-4H3,(H2,16,17). The van der Waals surface area contributed by atoms with Crippen LogP contribution in [0.3, 0.4) is 0 Å². The second-order valence-electron chi connectivity index (χ2n) is 5.45. The van der Waals surface area contributed by atoms with E-state index in [1.165, 1.54) is 5.56 Å². The monoisotopic (exact) mass is 261 g/mol. The summed E-state index contributed by atoms with van der Waals surface area (Å²) >= 11 is 0. The molecular weight excluding hydrogens is 238 g/mol. The number of hydrogen-bond acceptors (Lipinski definition) is 4. The van der Waals surface area contributed by atoms with Crippen LogP contribution in [0.4, 0.5) is 0 Å². The van der Waals surface area contributed by atoms with Gasteiger partial charge in [0.1, 0.15) is 5.75 Å². The fourth-order valence-corrected chi connectivity index (χ4v) is 2.47. The Labute approximate surface area is 115 Å². The topological polar surface area (TPSA) is 50.9 Å². The highest BCUT2D eigenvalue weighted by Crippen LogP contribution is 2.29. The average Bonchev–Trinajstić information content (AvgIpc) is 2.70. The molecule has 1 atom stereocenters. The predicted octanol–water partition coefficient (Wildman–Crippen LogP) is 2.55. The molecule has 1 aromatic carbocycles. The summed E-state index contributed by atoms with van der Waals surface area (Å²) in [5.41, 5.74) is 7.18. The smallest absolute Gasteiger partial charge is 0.192 e. The van der Waals surface area contributed by atoms with Crippen LogP contribution in [0.15, 0.2) is 29.3 Å². The van der Waals surface area contributed by atoms with E-state index in [1.807, 2.05) is 26.0 Å². The summed E-state index contributed by atoms with van der Waals surface area (Å²) in [7, 11) is 0. The molecule has 1 aliphatic rings. The van der Waals surface area contributed by atoms with E-state index in [2.05, 4.69) is 35.9 Å². The van der Waals surface area contributed by atoms with Gasteiger partial charge in [0.2, 0.25) is 0 Å². The maximum Gasteiger partial charge on any atom is 0.192 e. The molecule has 0 aliphatic carbocycles. The molecule has 4 nitrogen and oxygen atoms in total. The molecule has 1 heterocycles. The lowest BCUT2D eigenvalue weighted by atomic mass is 10.0. The highest BCUT2D eigenvalue weighted by atomic mass is 16.5. The molecule has 0 spiro atoms. The number of rotatable bonds is 4. The maximum absolute atomic E-state index is 5.97. The third-order valence-corrected chi connectivity index (χ3v) is 3.20. The van der Waals surface area contributed by atoms with Gasteiger partial charge in [0.05, 0.1) is 18.7 Å². The van der Waals surface area contributed by atoms with Gasteiger partial charge in [0.15, 0.2) is 5.96 Å². The van der Waals surface area contributed by atoms with Gasteiger partial charge in [-0.05, 0) is 45.4 Å². The minimum absolute atomic E-state index is 0.182. The zero-order chi connectivity index (χ0) is 14.0. The molecule has 1 aliphatic heterocycles. The first-order chi connectivity index (χ1) is 8.99. The molecule has 0 aromatic heterocycles. The Morgan fingerprint density at radius 3 is 2.68 bits per heavy atom. The fourth-order valence-electron chi connectivity index (χ4n) is 2.47. The lowest BCUT2D eigenvalue weighted by Crippen LogP contribution is -2.40. The lowest BCUT2D eigenvalue weighted by molar-refractivity contribution is 0.240. The van der Waals surface area contributed by atoms with Crippen LogP contribution in [0.2, 0.25) is 0 Å². The van der Waals surface area contributed by atoms with Crippen molar-refractivity contribution in [2.75, 3.05) is 6.54 Å². The molecule has 19 heavy (non-hydrogen) atoms. The van der Waals surface area contributed by atoms with Gasteiger partial charge < -0.3 is 15.4 Å². The van der Waals surface area contributed by atoms with Gasteiger partial charge in [0.25, 0.3) is 0 Å². The number of nitrogens with zero attached hydrogens (tertiary/aromatic N) is 2. The van der Waals surface area contributed by atoms with Crippen LogP contribution in [0.25, 0.3) is 0 Å². The summed E-state index contributed by atoms with van der Waals surface area (Å²) in [6.07, 6.45) is 0.182. The molecule has 1 aromatic rings. The highest BCUT2D eigenvalue weighted by Gasteiger charge is 2.29. The van der Waals surface area contributed by atoms with Gasteiger partial charge in [-0.3, -0.25) is 4.99 Å². The van der Waals surface area contributed by atoms with Crippen molar-refractivity contribution in [3.8, 4) is 5.75 Å². The minimum Gasteiger partial charge on any atom is -0.491 e. The van der Waals surface area contributed by atoms with Crippen molar-refractivity contribution in [2.24, 2.45) is 10.7 Å². The molecule has 0 saturated heterocycles. The summed E-state index contributed by atoms with van der Waals surface area (Å²) in [4.78, 5) is 6.53. The normalized spacial score (nSPS) is 19.2. The Bertz CT molecular complexity index is 468. The molecule has 4 heteroatoms. The van der Waals surface area contributed by atoms with Crippen molar-refractivity contribution in [1.82, 2.24) is 4.90 Å². The van der Waals surface area contributed by atoms with Crippen molar-refractivity contribution in [2.45, 2.75) is 45.9 Å². The largest absolute Gasteiger partial charge is 0.491 e. The molecule has 0 fully saturated rings. The Hall–Kier alpha value is -1.71. The zero-order valence-corrected chi connectivity index (χ0v) is 12.1. The van der Waals surface area contributed by atoms with Crippen molar-refractivity contribution in [1.29, 1.82) is 0 Å². The van der Waals surface area contributed by atoms with E-state index in [0.717, 1.165) is 12.3 Å². The van der Waals surface area contributed by atoms with E-state index in [9.17, 15) is 0 Å². The molecule has 1 unspecified atom stereocenters. The molecule has 0 bridgehead atoms. The first-order valence-electron chi connectivity index (χ1n) is 6.84. The summed E-state index contributed by atoms with van der Waals surface area (Å²) in [6.45, 7) is 9.05. The van der Waals surface area contributed by atoms with Crippen LogP contribution in [-0.2, 0) is 0 Å². The molecular formula is C15H23N3O. The van der Waals surface area contributed by atoms with Gasteiger partial charge >= 0.3 is 0 Å². The molecule has 0 amide bonds. The molecule has 2 N–H and O–H groups in total. The van der Waals surface area contributed by atoms with Gasteiger partial charge in [-0.15, -0.1) is 0 Å². The lowest BCUT2D eigenvalue weighted by Gasteiger charge is -2.30. The first kappa shape index (κ1) is 13.7. The number of guanidine groups is 1. The number of aliphatic imine (C=N–C) groups is 1. The average molecular weight is 261 g/mol. The summed E-state index contributed by atoms with van der Waals surface area (Å²) in [5, 5.41) is 0. The quantitative estimate of drug-likeness (QED) is 0.906. The third-order valence-electron chi connectivity index (χ3n) is 3.20. The molecule has 0 saturated carbocycles. The van der Waals surface area contributed by atoms with Crippen LogP contribution in [0, 0.1) is 0 Å². The second kappa shape index (κ2) is 5.51. The fraction of sp³-hybridized carbons (Fsp3) is 0.533. The van der Waals surface area contributed by atoms with Gasteiger partial charge in [0, 0.05) is 6.04 Å². The van der Waals surface area contributed by atoms with E-state index >= 15 is 0 Å². The Morgan fingerprint density at radius 2 is 2.05 bits per heavy atom. The van der Waals surface area contributed by atoms with Gasteiger partial charge in [-0.25, -0.2) is 0 Å². The van der Waals surface area contributed by atoms with Crippen LogP contribution < -0.4 is 10.5 Å². The van der Waals surface area contributed by atoms with Crippen molar-refractivity contribution in [3.63, 3.8) is 0 Å². The third kappa shape index (κ3) is 3.00. The van der Waals surface area contributed by atoms with Crippen LogP contribution >= 0.6 is 0 Å². The maximum atomic E-state index is 5.97. The number of nitrogens with two attached hydrogens (primary N) is 1. The first-order valence-corrected chi connectivity index (χ1v) is 6.84. The highest BCUT2D eigenvalue weighted by molar-refractivity contribution is 5.80. The van der Waals surface area contributed by atoms with Gasteiger partial charge in [-0.1, -0.05) is 12.1 Å². The van der Waals surface area contributed by atoms with Crippen LogP contribution in [0.1, 0.15) is 39.3 Å². The predicted molar refractivity (Wildman–Crippen MR) is 78.4 cm³/mol. The molecule has 0 radical (unpaired) electrons. The minimum atomic E-state index is 0.182. The summed E-state index contributed by atoms with van der Waals surface area (Å²) < 4.78 is 5.75. The van der Waals surface area contributed by atoms with Crippen LogP contribution in [0.5, 0.6) is 5.75 Å². The Kier molecular flexibility index (Phi) is 3.98. The molecule has 104 valence electrons. The number of hydrogen-bond donors (Lipinski definition) is 1.